The third kappa shape index (κ3) is 3.15. The van der Waals surface area contributed by atoms with Crippen molar-refractivity contribution in [1.82, 2.24) is 9.88 Å². The van der Waals surface area contributed by atoms with Crippen molar-refractivity contribution in [1.29, 1.82) is 0 Å². The zero-order chi connectivity index (χ0) is 14.5. The summed E-state index contributed by atoms with van der Waals surface area (Å²) in [4.78, 5) is 16.5. The molecule has 1 heterocycles. The number of fused-ring (bicyclic) bond motifs is 1. The van der Waals surface area contributed by atoms with Crippen molar-refractivity contribution in [2.75, 3.05) is 26.3 Å². The second-order valence-corrected chi connectivity index (χ2v) is 4.51. The number of aliphatic hydroxyl groups is 2. The Morgan fingerprint density at radius 2 is 1.95 bits per heavy atom. The number of aromatic amines is 1. The number of hydrogen-bond acceptors (Lipinski definition) is 3. The molecule has 0 bridgehead atoms. The fraction of sp³-hybridized carbons (Fsp3) is 0.357. The number of aromatic nitrogens is 1. The highest BCUT2D eigenvalue weighted by Gasteiger charge is 2.15. The van der Waals surface area contributed by atoms with Gasteiger partial charge < -0.3 is 20.1 Å². The number of rotatable bonds is 6. The molecule has 1 aromatic heterocycles. The Bertz CT molecular complexity index is 591. The number of nitrogens with one attached hydrogen (secondary N) is 1. The molecule has 108 valence electrons. The van der Waals surface area contributed by atoms with E-state index in [0.29, 0.717) is 10.9 Å². The quantitative estimate of drug-likeness (QED) is 0.727. The van der Waals surface area contributed by atoms with E-state index in [1.165, 1.54) is 17.0 Å². The van der Waals surface area contributed by atoms with Crippen molar-refractivity contribution in [3.63, 3.8) is 0 Å². The first-order valence-electron chi connectivity index (χ1n) is 6.40. The average molecular weight is 280 g/mol. The van der Waals surface area contributed by atoms with Crippen LogP contribution in [0.15, 0.2) is 24.4 Å². The number of amides is 1. The van der Waals surface area contributed by atoms with E-state index in [1.54, 1.807) is 12.3 Å². The van der Waals surface area contributed by atoms with E-state index in [4.69, 9.17) is 10.2 Å². The molecule has 1 amide bonds. The molecule has 0 aliphatic carbocycles. The molecule has 2 aromatic rings. The first-order valence-corrected chi connectivity index (χ1v) is 6.40. The lowest BCUT2D eigenvalue weighted by molar-refractivity contribution is -0.131. The molecule has 0 saturated heterocycles. The highest BCUT2D eigenvalue weighted by atomic mass is 19.1. The number of halogens is 1. The van der Waals surface area contributed by atoms with E-state index in [1.807, 2.05) is 0 Å². The molecule has 3 N–H and O–H groups in total. The molecule has 0 saturated carbocycles. The predicted molar refractivity (Wildman–Crippen MR) is 72.7 cm³/mol. The molecule has 5 nitrogen and oxygen atoms in total. The number of aliphatic hydroxyl groups excluding tert-OH is 2. The lowest BCUT2D eigenvalue weighted by atomic mass is 10.1. The van der Waals surface area contributed by atoms with Crippen LogP contribution in [-0.2, 0) is 11.2 Å². The topological polar surface area (TPSA) is 76.6 Å². The van der Waals surface area contributed by atoms with Crippen LogP contribution in [-0.4, -0.2) is 52.3 Å². The predicted octanol–water partition coefficient (Wildman–Crippen LogP) is 0.663. The van der Waals surface area contributed by atoms with E-state index in [0.717, 1.165) is 5.52 Å². The molecule has 0 spiro atoms. The van der Waals surface area contributed by atoms with E-state index >= 15 is 0 Å². The largest absolute Gasteiger partial charge is 0.395 e. The summed E-state index contributed by atoms with van der Waals surface area (Å²) in [5.74, 6) is -0.563. The van der Waals surface area contributed by atoms with Crippen molar-refractivity contribution in [2.45, 2.75) is 6.42 Å². The minimum Gasteiger partial charge on any atom is -0.395 e. The first-order chi connectivity index (χ1) is 9.65. The second kappa shape index (κ2) is 6.49. The number of benzene rings is 1. The van der Waals surface area contributed by atoms with Gasteiger partial charge in [0.1, 0.15) is 5.82 Å². The molecular formula is C14H17FN2O3. The van der Waals surface area contributed by atoms with Crippen LogP contribution in [0.3, 0.4) is 0 Å². The number of hydrogen-bond donors (Lipinski definition) is 3. The Morgan fingerprint density at radius 3 is 2.60 bits per heavy atom. The first kappa shape index (κ1) is 14.5. The van der Waals surface area contributed by atoms with Gasteiger partial charge in [-0.1, -0.05) is 0 Å². The van der Waals surface area contributed by atoms with Crippen molar-refractivity contribution in [3.05, 3.63) is 35.8 Å². The average Bonchev–Trinajstić information content (AvgIpc) is 2.81. The van der Waals surface area contributed by atoms with Crippen molar-refractivity contribution in [2.24, 2.45) is 0 Å². The maximum absolute atomic E-state index is 13.3. The third-order valence-electron chi connectivity index (χ3n) is 3.16. The van der Waals surface area contributed by atoms with Crippen molar-refractivity contribution >= 4 is 16.8 Å². The summed E-state index contributed by atoms with van der Waals surface area (Å²) in [5.41, 5.74) is 1.47. The molecule has 2 rings (SSSR count). The minimum absolute atomic E-state index is 0.101. The summed E-state index contributed by atoms with van der Waals surface area (Å²) in [7, 11) is 0. The summed E-state index contributed by atoms with van der Waals surface area (Å²) in [6, 6.07) is 4.36. The van der Waals surface area contributed by atoms with E-state index < -0.39 is 0 Å². The molecule has 0 atom stereocenters. The maximum atomic E-state index is 13.3. The van der Waals surface area contributed by atoms with Gasteiger partial charge in [-0.05, 0) is 23.8 Å². The lowest BCUT2D eigenvalue weighted by Crippen LogP contribution is -2.36. The Kier molecular flexibility index (Phi) is 4.70. The second-order valence-electron chi connectivity index (χ2n) is 4.51. The molecule has 0 aliphatic heterocycles. The molecular weight excluding hydrogens is 263 g/mol. The van der Waals surface area contributed by atoms with E-state index in [2.05, 4.69) is 4.98 Å². The molecule has 1 aromatic carbocycles. The molecule has 0 unspecified atom stereocenters. The van der Waals surface area contributed by atoms with E-state index in [9.17, 15) is 9.18 Å². The molecule has 6 heteroatoms. The molecule has 0 aliphatic rings. The molecule has 20 heavy (non-hydrogen) atoms. The van der Waals surface area contributed by atoms with Gasteiger partial charge in [0.25, 0.3) is 0 Å². The minimum atomic E-state index is -0.353. The fourth-order valence-corrected chi connectivity index (χ4v) is 2.17. The van der Waals surface area contributed by atoms with Gasteiger partial charge in [-0.3, -0.25) is 4.79 Å². The lowest BCUT2D eigenvalue weighted by Gasteiger charge is -2.20. The standard InChI is InChI=1S/C14H17FN2O3/c15-11-1-2-13-12(8-11)10(9-16-13)7-14(20)17(3-5-18)4-6-19/h1-2,8-9,16,18-19H,3-7H2. The smallest absolute Gasteiger partial charge is 0.227 e. The zero-order valence-corrected chi connectivity index (χ0v) is 11.0. The van der Waals surface area contributed by atoms with Crippen LogP contribution in [0.4, 0.5) is 4.39 Å². The van der Waals surface area contributed by atoms with Gasteiger partial charge in [0.05, 0.1) is 19.6 Å². The van der Waals surface area contributed by atoms with Gasteiger partial charge in [0, 0.05) is 30.2 Å². The maximum Gasteiger partial charge on any atom is 0.227 e. The highest BCUT2D eigenvalue weighted by Crippen LogP contribution is 2.20. The number of carbonyl (C=O) groups excluding carboxylic acids is 1. The van der Waals surface area contributed by atoms with Gasteiger partial charge >= 0.3 is 0 Å². The summed E-state index contributed by atoms with van der Waals surface area (Å²) in [6.45, 7) is 0.0364. The Labute approximate surface area is 115 Å². The van der Waals surface area contributed by atoms with Crippen LogP contribution < -0.4 is 0 Å². The van der Waals surface area contributed by atoms with Crippen molar-refractivity contribution in [3.8, 4) is 0 Å². The molecule has 0 fully saturated rings. The van der Waals surface area contributed by atoms with Crippen LogP contribution in [0.5, 0.6) is 0 Å². The van der Waals surface area contributed by atoms with Crippen LogP contribution in [0.1, 0.15) is 5.56 Å². The van der Waals surface area contributed by atoms with Crippen LogP contribution in [0.25, 0.3) is 10.9 Å². The highest BCUT2D eigenvalue weighted by molar-refractivity contribution is 5.89. The van der Waals surface area contributed by atoms with Gasteiger partial charge in [-0.15, -0.1) is 0 Å². The van der Waals surface area contributed by atoms with Crippen LogP contribution in [0, 0.1) is 5.82 Å². The van der Waals surface area contributed by atoms with Crippen molar-refractivity contribution < 1.29 is 19.4 Å². The fourth-order valence-electron chi connectivity index (χ4n) is 2.17. The summed E-state index contributed by atoms with van der Waals surface area (Å²) < 4.78 is 13.3. The zero-order valence-electron chi connectivity index (χ0n) is 11.0. The SMILES string of the molecule is O=C(Cc1c[nH]c2ccc(F)cc12)N(CCO)CCO. The summed E-state index contributed by atoms with van der Waals surface area (Å²) >= 11 is 0. The summed E-state index contributed by atoms with van der Waals surface area (Å²) in [6.07, 6.45) is 1.78. The summed E-state index contributed by atoms with van der Waals surface area (Å²) in [5, 5.41) is 18.5. The normalized spacial score (nSPS) is 10.9. The Balaban J connectivity index is 2.18. The Hall–Kier alpha value is -1.92. The van der Waals surface area contributed by atoms with Gasteiger partial charge in [0.15, 0.2) is 0 Å². The van der Waals surface area contributed by atoms with Gasteiger partial charge in [-0.25, -0.2) is 4.39 Å². The van der Waals surface area contributed by atoms with Gasteiger partial charge in [0.2, 0.25) is 5.91 Å². The monoisotopic (exact) mass is 280 g/mol. The third-order valence-corrected chi connectivity index (χ3v) is 3.16. The number of carbonyl (C=O) groups is 1. The number of H-pyrrole nitrogens is 1. The molecule has 0 radical (unpaired) electrons. The van der Waals surface area contributed by atoms with Crippen LogP contribution in [0.2, 0.25) is 0 Å². The number of nitrogens with zero attached hydrogens (tertiary/aromatic N) is 1. The Morgan fingerprint density at radius 1 is 1.25 bits per heavy atom. The van der Waals surface area contributed by atoms with E-state index in [-0.39, 0.29) is 44.4 Å². The van der Waals surface area contributed by atoms with Gasteiger partial charge in [-0.2, -0.15) is 0 Å². The van der Waals surface area contributed by atoms with Crippen LogP contribution >= 0.6 is 0 Å².